The summed E-state index contributed by atoms with van der Waals surface area (Å²) in [4.78, 5) is 10.8. The Kier molecular flexibility index (Phi) is 2.13. The predicted octanol–water partition coefficient (Wildman–Crippen LogP) is 0.964. The highest BCUT2D eigenvalue weighted by atomic mass is 28.3. The summed E-state index contributed by atoms with van der Waals surface area (Å²) in [6.45, 7) is 6.54. The van der Waals surface area contributed by atoms with Crippen molar-refractivity contribution >= 4 is 14.8 Å². The van der Waals surface area contributed by atoms with Crippen molar-refractivity contribution in [3.05, 3.63) is 0 Å². The van der Waals surface area contributed by atoms with Crippen molar-refractivity contribution in [2.75, 3.05) is 0 Å². The van der Waals surface area contributed by atoms with Crippen LogP contribution in [0.3, 0.4) is 0 Å². The third kappa shape index (κ3) is 1.40. The molecule has 1 rings (SSSR count). The van der Waals surface area contributed by atoms with Gasteiger partial charge in [0, 0.05) is 0 Å². The minimum atomic E-state index is -0.762. The summed E-state index contributed by atoms with van der Waals surface area (Å²) in [5.74, 6) is 0.470. The zero-order valence-electron chi connectivity index (χ0n) is 6.76. The van der Waals surface area contributed by atoms with E-state index in [2.05, 4.69) is 20.0 Å². The normalized spacial score (nSPS) is 33.0. The summed E-state index contributed by atoms with van der Waals surface area (Å²) in [7, 11) is -0.762. The maximum Gasteiger partial charge on any atom is 0.306 e. The second-order valence-electron chi connectivity index (χ2n) is 3.38. The number of ether oxygens (including phenoxy) is 1. The largest absolute Gasteiger partial charge is 0.466 e. The van der Waals surface area contributed by atoms with Gasteiger partial charge in [0.1, 0.15) is 0 Å². The fourth-order valence-electron chi connectivity index (χ4n) is 1.49. The van der Waals surface area contributed by atoms with Crippen molar-refractivity contribution in [3.8, 4) is 0 Å². The lowest BCUT2D eigenvalue weighted by Crippen LogP contribution is -2.28. The second-order valence-corrected chi connectivity index (χ2v) is 6.52. The molecular weight excluding hydrogens is 144 g/mol. The molecule has 0 saturated carbocycles. The van der Waals surface area contributed by atoms with Gasteiger partial charge >= 0.3 is 5.97 Å². The molecule has 2 unspecified atom stereocenters. The topological polar surface area (TPSA) is 26.3 Å². The Labute approximate surface area is 63.2 Å². The molecule has 1 aliphatic heterocycles. The van der Waals surface area contributed by atoms with Crippen LogP contribution in [-0.2, 0) is 9.53 Å². The summed E-state index contributed by atoms with van der Waals surface area (Å²) in [6, 6.07) is 0. The quantitative estimate of drug-likeness (QED) is 0.420. The van der Waals surface area contributed by atoms with Gasteiger partial charge in [0.2, 0.25) is 0 Å². The Morgan fingerprint density at radius 1 is 1.60 bits per heavy atom. The average Bonchev–Trinajstić information content (AvgIpc) is 2.10. The Morgan fingerprint density at radius 3 is 2.40 bits per heavy atom. The van der Waals surface area contributed by atoms with Crippen LogP contribution < -0.4 is 0 Å². The molecule has 0 aromatic rings. The first-order valence-electron chi connectivity index (χ1n) is 3.80. The Morgan fingerprint density at radius 2 is 2.20 bits per heavy atom. The fourth-order valence-corrected chi connectivity index (χ4v) is 3.36. The Hall–Kier alpha value is -0.313. The van der Waals surface area contributed by atoms with Gasteiger partial charge in [-0.25, -0.2) is 0 Å². The standard InChI is InChI=1S/C7H14O2Si/c1-5-4-6(8)9-7(5)10(2)3/h5,7,10H,4H2,1-3H3. The molecule has 2 nitrogen and oxygen atoms in total. The molecule has 10 heavy (non-hydrogen) atoms. The van der Waals surface area contributed by atoms with Crippen molar-refractivity contribution in [1.29, 1.82) is 0 Å². The molecule has 2 atom stereocenters. The minimum Gasteiger partial charge on any atom is -0.466 e. The second kappa shape index (κ2) is 2.74. The molecule has 0 radical (unpaired) electrons. The Balaban J connectivity index is 2.54. The van der Waals surface area contributed by atoms with E-state index in [1.54, 1.807) is 0 Å². The van der Waals surface area contributed by atoms with Crippen LogP contribution in [0.25, 0.3) is 0 Å². The highest BCUT2D eigenvalue weighted by Crippen LogP contribution is 2.22. The molecule has 1 fully saturated rings. The fraction of sp³-hybridized carbons (Fsp3) is 0.857. The highest BCUT2D eigenvalue weighted by Gasteiger charge is 2.33. The maximum atomic E-state index is 10.8. The molecular formula is C7H14O2Si. The lowest BCUT2D eigenvalue weighted by Gasteiger charge is -2.15. The number of carbonyl (C=O) groups is 1. The van der Waals surface area contributed by atoms with Gasteiger partial charge in [-0.2, -0.15) is 0 Å². The number of esters is 1. The van der Waals surface area contributed by atoms with Crippen LogP contribution in [0.1, 0.15) is 13.3 Å². The van der Waals surface area contributed by atoms with Crippen LogP contribution >= 0.6 is 0 Å². The van der Waals surface area contributed by atoms with Crippen LogP contribution in [0.15, 0.2) is 0 Å². The molecule has 58 valence electrons. The maximum absolute atomic E-state index is 10.8. The van der Waals surface area contributed by atoms with E-state index in [1.807, 2.05) is 0 Å². The summed E-state index contributed by atoms with van der Waals surface area (Å²) in [5.41, 5.74) is 0.299. The average molecular weight is 158 g/mol. The summed E-state index contributed by atoms with van der Waals surface area (Å²) in [6.07, 6.45) is 0.635. The molecule has 1 heterocycles. The van der Waals surface area contributed by atoms with Crippen molar-refractivity contribution in [2.45, 2.75) is 32.2 Å². The van der Waals surface area contributed by atoms with E-state index in [0.717, 1.165) is 0 Å². The van der Waals surface area contributed by atoms with Crippen molar-refractivity contribution in [3.63, 3.8) is 0 Å². The van der Waals surface area contributed by atoms with Crippen molar-refractivity contribution in [1.82, 2.24) is 0 Å². The zero-order chi connectivity index (χ0) is 7.72. The molecule has 3 heteroatoms. The zero-order valence-corrected chi connectivity index (χ0v) is 7.91. The van der Waals surface area contributed by atoms with Gasteiger partial charge in [-0.05, 0) is 5.92 Å². The van der Waals surface area contributed by atoms with Gasteiger partial charge in [0.15, 0.2) is 0 Å². The number of cyclic esters (lactones) is 1. The lowest BCUT2D eigenvalue weighted by atomic mass is 10.1. The number of carbonyl (C=O) groups excluding carboxylic acids is 1. The van der Waals surface area contributed by atoms with Crippen molar-refractivity contribution < 1.29 is 9.53 Å². The van der Waals surface area contributed by atoms with Gasteiger partial charge < -0.3 is 4.74 Å². The molecule has 0 aromatic carbocycles. The van der Waals surface area contributed by atoms with Gasteiger partial charge in [0.25, 0.3) is 0 Å². The minimum absolute atomic E-state index is 0.00120. The molecule has 0 aromatic heterocycles. The number of rotatable bonds is 1. The smallest absolute Gasteiger partial charge is 0.306 e. The van der Waals surface area contributed by atoms with Crippen LogP contribution in [-0.4, -0.2) is 20.5 Å². The van der Waals surface area contributed by atoms with E-state index in [4.69, 9.17) is 4.74 Å². The Bertz CT molecular complexity index is 145. The van der Waals surface area contributed by atoms with Gasteiger partial charge in [-0.1, -0.05) is 20.0 Å². The first-order valence-corrected chi connectivity index (χ1v) is 6.78. The molecule has 0 amide bonds. The van der Waals surface area contributed by atoms with Gasteiger partial charge in [0.05, 0.1) is 20.9 Å². The van der Waals surface area contributed by atoms with Gasteiger partial charge in [-0.15, -0.1) is 0 Å². The molecule has 1 saturated heterocycles. The monoisotopic (exact) mass is 158 g/mol. The first kappa shape index (κ1) is 7.79. The van der Waals surface area contributed by atoms with Crippen molar-refractivity contribution in [2.24, 2.45) is 5.92 Å². The molecule has 0 aliphatic carbocycles. The molecule has 1 aliphatic rings. The molecule has 0 bridgehead atoms. The van der Waals surface area contributed by atoms with E-state index in [-0.39, 0.29) is 5.97 Å². The summed E-state index contributed by atoms with van der Waals surface area (Å²) >= 11 is 0. The SMILES string of the molecule is CC1CC(=O)OC1[SiH](C)C. The van der Waals surface area contributed by atoms with Crippen LogP contribution in [0, 0.1) is 5.92 Å². The first-order chi connectivity index (χ1) is 4.61. The predicted molar refractivity (Wildman–Crippen MR) is 42.5 cm³/mol. The number of hydrogen-bond acceptors (Lipinski definition) is 2. The third-order valence-corrected chi connectivity index (χ3v) is 4.08. The van der Waals surface area contributed by atoms with E-state index in [0.29, 0.717) is 18.1 Å². The lowest BCUT2D eigenvalue weighted by molar-refractivity contribution is -0.139. The molecule has 0 N–H and O–H groups in total. The van der Waals surface area contributed by atoms with E-state index >= 15 is 0 Å². The third-order valence-electron chi connectivity index (χ3n) is 1.97. The van der Waals surface area contributed by atoms with E-state index in [1.165, 1.54) is 0 Å². The summed E-state index contributed by atoms with van der Waals surface area (Å²) < 4.78 is 5.16. The van der Waals surface area contributed by atoms with Crippen LogP contribution in [0.4, 0.5) is 0 Å². The molecule has 0 spiro atoms. The van der Waals surface area contributed by atoms with E-state index < -0.39 is 8.80 Å². The summed E-state index contributed by atoms with van der Waals surface area (Å²) in [5, 5.41) is 0. The van der Waals surface area contributed by atoms with E-state index in [9.17, 15) is 4.79 Å². The van der Waals surface area contributed by atoms with Gasteiger partial charge in [-0.3, -0.25) is 4.79 Å². The van der Waals surface area contributed by atoms with Crippen LogP contribution in [0.2, 0.25) is 13.1 Å². The van der Waals surface area contributed by atoms with Crippen LogP contribution in [0.5, 0.6) is 0 Å². The highest BCUT2D eigenvalue weighted by molar-refractivity contribution is 6.57. The number of hydrogen-bond donors (Lipinski definition) is 0.